The number of carbonyl (C=O) groups excluding carboxylic acids is 2. The number of rotatable bonds is 5. The number of nitrogens with one attached hydrogen (secondary N) is 4. The van der Waals surface area contributed by atoms with Crippen LogP contribution in [-0.2, 0) is 9.59 Å². The van der Waals surface area contributed by atoms with Crippen LogP contribution in [0.1, 0.15) is 36.3 Å². The fourth-order valence-corrected chi connectivity index (χ4v) is 2.08. The van der Waals surface area contributed by atoms with Gasteiger partial charge in [0.1, 0.15) is 6.42 Å². The second-order valence-electron chi connectivity index (χ2n) is 5.32. The lowest BCUT2D eigenvalue weighted by Gasteiger charge is -2.12. The van der Waals surface area contributed by atoms with Gasteiger partial charge in [-0.15, -0.1) is 0 Å². The molecule has 0 unspecified atom stereocenters. The van der Waals surface area contributed by atoms with Crippen LogP contribution in [0, 0.1) is 13.8 Å². The normalized spacial score (nSPS) is 11.8. The highest BCUT2D eigenvalue weighted by molar-refractivity contribution is 6.03. The first-order valence-corrected chi connectivity index (χ1v) is 7.17. The first-order valence-electron chi connectivity index (χ1n) is 7.17. The molecule has 2 rings (SSSR count). The quantitative estimate of drug-likeness (QED) is 0.613. The Morgan fingerprint density at radius 1 is 1.26 bits per heavy atom. The number of nitrogens with zero attached hydrogens (tertiary/aromatic N) is 1. The standard InChI is InChI=1S/C15H19N5O3/c1-8-5-4-6-11(9(8)2)17-13(22)7-12(21)16-10(3)14-18-15(23)20-19-14/h4-6,10H,7H2,1-3H3,(H,16,21)(H,17,22)(H2,18,19,20,23)/t10-/m1/s1. The Morgan fingerprint density at radius 2 is 2.00 bits per heavy atom. The molecule has 0 saturated heterocycles. The lowest BCUT2D eigenvalue weighted by molar-refractivity contribution is -0.127. The molecule has 4 N–H and O–H groups in total. The van der Waals surface area contributed by atoms with Crippen molar-refractivity contribution in [1.29, 1.82) is 0 Å². The molecule has 23 heavy (non-hydrogen) atoms. The number of H-pyrrole nitrogens is 2. The van der Waals surface area contributed by atoms with E-state index in [0.29, 0.717) is 11.5 Å². The number of amides is 2. The molecule has 1 atom stereocenters. The predicted octanol–water partition coefficient (Wildman–Crippen LogP) is 0.921. The molecule has 8 nitrogen and oxygen atoms in total. The molecule has 0 saturated carbocycles. The van der Waals surface area contributed by atoms with Crippen molar-refractivity contribution in [3.05, 3.63) is 45.6 Å². The number of benzene rings is 1. The zero-order valence-corrected chi connectivity index (χ0v) is 13.2. The Labute approximate surface area is 132 Å². The number of hydrogen-bond acceptors (Lipinski definition) is 4. The summed E-state index contributed by atoms with van der Waals surface area (Å²) in [5, 5.41) is 11.3. The van der Waals surface area contributed by atoms with E-state index in [2.05, 4.69) is 25.8 Å². The van der Waals surface area contributed by atoms with Gasteiger partial charge < -0.3 is 10.6 Å². The van der Waals surface area contributed by atoms with E-state index in [1.54, 1.807) is 13.0 Å². The van der Waals surface area contributed by atoms with E-state index in [4.69, 9.17) is 0 Å². The Balaban J connectivity index is 1.91. The summed E-state index contributed by atoms with van der Waals surface area (Å²) in [6.45, 7) is 5.51. The first kappa shape index (κ1) is 16.5. The van der Waals surface area contributed by atoms with Gasteiger partial charge in [0.05, 0.1) is 6.04 Å². The van der Waals surface area contributed by atoms with Crippen molar-refractivity contribution in [3.63, 3.8) is 0 Å². The number of aromatic nitrogens is 3. The van der Waals surface area contributed by atoms with E-state index in [1.165, 1.54) is 0 Å². The summed E-state index contributed by atoms with van der Waals surface area (Å²) in [6.07, 6.45) is -0.313. The fraction of sp³-hybridized carbons (Fsp3) is 0.333. The topological polar surface area (TPSA) is 120 Å². The molecule has 1 aromatic carbocycles. The molecule has 0 spiro atoms. The molecule has 0 bridgehead atoms. The maximum atomic E-state index is 12.0. The smallest absolute Gasteiger partial charge is 0.340 e. The maximum Gasteiger partial charge on any atom is 0.340 e. The minimum absolute atomic E-state index is 0.304. The molecule has 2 amide bonds. The molecule has 0 aliphatic carbocycles. The monoisotopic (exact) mass is 317 g/mol. The molecule has 0 radical (unpaired) electrons. The van der Waals surface area contributed by atoms with E-state index < -0.39 is 23.5 Å². The summed E-state index contributed by atoms with van der Waals surface area (Å²) in [5.41, 5.74) is 2.26. The van der Waals surface area contributed by atoms with Gasteiger partial charge in [0.2, 0.25) is 11.8 Å². The van der Waals surface area contributed by atoms with E-state index in [0.717, 1.165) is 11.1 Å². The van der Waals surface area contributed by atoms with Crippen LogP contribution >= 0.6 is 0 Å². The molecular formula is C15H19N5O3. The summed E-state index contributed by atoms with van der Waals surface area (Å²) in [5.74, 6) is -0.554. The van der Waals surface area contributed by atoms with Crippen LogP contribution in [0.5, 0.6) is 0 Å². The minimum Gasteiger partial charge on any atom is -0.346 e. The minimum atomic E-state index is -0.505. The fourth-order valence-electron chi connectivity index (χ4n) is 2.08. The molecular weight excluding hydrogens is 298 g/mol. The van der Waals surface area contributed by atoms with Gasteiger partial charge in [0.15, 0.2) is 5.82 Å². The third-order valence-corrected chi connectivity index (χ3v) is 3.51. The van der Waals surface area contributed by atoms with Crippen molar-refractivity contribution >= 4 is 17.5 Å². The van der Waals surface area contributed by atoms with Crippen molar-refractivity contribution in [3.8, 4) is 0 Å². The second-order valence-corrected chi connectivity index (χ2v) is 5.32. The van der Waals surface area contributed by atoms with Gasteiger partial charge in [0.25, 0.3) is 0 Å². The van der Waals surface area contributed by atoms with Crippen molar-refractivity contribution in [2.45, 2.75) is 33.2 Å². The van der Waals surface area contributed by atoms with Gasteiger partial charge in [-0.1, -0.05) is 12.1 Å². The first-order chi connectivity index (χ1) is 10.9. The summed E-state index contributed by atoms with van der Waals surface area (Å²) in [6, 6.07) is 5.07. The molecule has 2 aromatic rings. The van der Waals surface area contributed by atoms with E-state index in [-0.39, 0.29) is 6.42 Å². The van der Waals surface area contributed by atoms with Crippen molar-refractivity contribution in [1.82, 2.24) is 20.5 Å². The van der Waals surface area contributed by atoms with Gasteiger partial charge in [-0.25, -0.2) is 9.89 Å². The van der Waals surface area contributed by atoms with Crippen molar-refractivity contribution in [2.75, 3.05) is 5.32 Å². The Hall–Kier alpha value is -2.90. The maximum absolute atomic E-state index is 12.0. The molecule has 8 heteroatoms. The SMILES string of the molecule is Cc1cccc(NC(=O)CC(=O)N[C@H](C)c2n[nH]c(=O)[nH]2)c1C. The second kappa shape index (κ2) is 6.91. The largest absolute Gasteiger partial charge is 0.346 e. The Morgan fingerprint density at radius 3 is 2.65 bits per heavy atom. The van der Waals surface area contributed by atoms with Gasteiger partial charge in [-0.3, -0.25) is 14.6 Å². The number of aromatic amines is 2. The van der Waals surface area contributed by atoms with Crippen molar-refractivity contribution in [2.24, 2.45) is 0 Å². The number of hydrogen-bond donors (Lipinski definition) is 4. The van der Waals surface area contributed by atoms with E-state index in [9.17, 15) is 14.4 Å². The summed E-state index contributed by atoms with van der Waals surface area (Å²) in [7, 11) is 0. The van der Waals surface area contributed by atoms with E-state index in [1.807, 2.05) is 26.0 Å². The van der Waals surface area contributed by atoms with Crippen LogP contribution in [0.15, 0.2) is 23.0 Å². The number of anilines is 1. The van der Waals surface area contributed by atoms with Crippen LogP contribution in [0.25, 0.3) is 0 Å². The molecule has 122 valence electrons. The Kier molecular flexibility index (Phi) is 4.95. The van der Waals surface area contributed by atoms with Gasteiger partial charge in [-0.05, 0) is 38.0 Å². The van der Waals surface area contributed by atoms with Crippen LogP contribution in [0.4, 0.5) is 5.69 Å². The predicted molar refractivity (Wildman–Crippen MR) is 84.9 cm³/mol. The third kappa shape index (κ3) is 4.29. The number of aryl methyl sites for hydroxylation is 1. The molecule has 0 fully saturated rings. The number of carbonyl (C=O) groups is 2. The lowest BCUT2D eigenvalue weighted by atomic mass is 10.1. The van der Waals surface area contributed by atoms with Crippen LogP contribution in [-0.4, -0.2) is 27.0 Å². The molecule has 1 heterocycles. The summed E-state index contributed by atoms with van der Waals surface area (Å²) < 4.78 is 0. The van der Waals surface area contributed by atoms with Gasteiger partial charge in [0, 0.05) is 5.69 Å². The lowest BCUT2D eigenvalue weighted by Crippen LogP contribution is -2.31. The van der Waals surface area contributed by atoms with Crippen molar-refractivity contribution < 1.29 is 9.59 Å². The highest BCUT2D eigenvalue weighted by Gasteiger charge is 2.16. The van der Waals surface area contributed by atoms with Crippen LogP contribution in [0.2, 0.25) is 0 Å². The molecule has 0 aliphatic rings. The molecule has 0 aliphatic heterocycles. The summed E-state index contributed by atoms with van der Waals surface area (Å²) in [4.78, 5) is 37.3. The average Bonchev–Trinajstić information content (AvgIpc) is 2.90. The van der Waals surface area contributed by atoms with E-state index >= 15 is 0 Å². The van der Waals surface area contributed by atoms with Gasteiger partial charge >= 0.3 is 5.69 Å². The summed E-state index contributed by atoms with van der Waals surface area (Å²) >= 11 is 0. The van der Waals surface area contributed by atoms with Gasteiger partial charge in [-0.2, -0.15) is 5.10 Å². The zero-order valence-electron chi connectivity index (χ0n) is 13.2. The molecule has 1 aromatic heterocycles. The zero-order chi connectivity index (χ0) is 17.0. The highest BCUT2D eigenvalue weighted by atomic mass is 16.2. The highest BCUT2D eigenvalue weighted by Crippen LogP contribution is 2.18. The Bertz CT molecular complexity index is 777. The van der Waals surface area contributed by atoms with Crippen LogP contribution in [0.3, 0.4) is 0 Å². The van der Waals surface area contributed by atoms with Crippen LogP contribution < -0.4 is 16.3 Å². The average molecular weight is 317 g/mol. The third-order valence-electron chi connectivity index (χ3n) is 3.51.